The second-order valence-electron chi connectivity index (χ2n) is 8.05. The molecule has 0 heterocycles. The van der Waals surface area contributed by atoms with E-state index in [9.17, 15) is 19.2 Å². The smallest absolute Gasteiger partial charge is 0.411 e. The Hall–Kier alpha value is -4.60. The number of rotatable bonds is 12. The van der Waals surface area contributed by atoms with Gasteiger partial charge in [-0.1, -0.05) is 36.4 Å². The summed E-state index contributed by atoms with van der Waals surface area (Å²) >= 11 is 0. The minimum absolute atomic E-state index is 0.0704. The summed E-state index contributed by atoms with van der Waals surface area (Å²) in [6.45, 7) is 3.09. The van der Waals surface area contributed by atoms with Crippen molar-refractivity contribution in [3.63, 3.8) is 0 Å². The van der Waals surface area contributed by atoms with Gasteiger partial charge in [0.05, 0.1) is 13.2 Å². The number of carbonyl (C=O) groups excluding carboxylic acids is 2. The van der Waals surface area contributed by atoms with Gasteiger partial charge in [-0.15, -0.1) is 0 Å². The summed E-state index contributed by atoms with van der Waals surface area (Å²) in [5, 5.41) is 22.8. The molecule has 2 amide bonds. The third-order valence-electron chi connectivity index (χ3n) is 5.09. The van der Waals surface area contributed by atoms with Gasteiger partial charge in [-0.25, -0.2) is 19.2 Å². The fraction of sp³-hybridized carbons (Fsp3) is 0.259. The van der Waals surface area contributed by atoms with E-state index in [4.69, 9.17) is 19.7 Å². The van der Waals surface area contributed by atoms with Crippen LogP contribution >= 0.6 is 0 Å². The minimum atomic E-state index is -1.01. The summed E-state index contributed by atoms with van der Waals surface area (Å²) in [6, 6.07) is 14.5. The van der Waals surface area contributed by atoms with Gasteiger partial charge < -0.3 is 19.7 Å². The van der Waals surface area contributed by atoms with E-state index in [1.807, 2.05) is 24.3 Å². The number of hydrogen-bond acceptors (Lipinski definition) is 6. The van der Waals surface area contributed by atoms with Crippen LogP contribution in [-0.2, 0) is 25.5 Å². The molecule has 0 saturated heterocycles. The van der Waals surface area contributed by atoms with Gasteiger partial charge in [0.1, 0.15) is 0 Å². The first-order valence-corrected chi connectivity index (χ1v) is 11.5. The summed E-state index contributed by atoms with van der Waals surface area (Å²) in [5.41, 5.74) is 3.55. The fourth-order valence-electron chi connectivity index (χ4n) is 2.98. The van der Waals surface area contributed by atoms with Crippen LogP contribution in [0, 0.1) is 0 Å². The van der Waals surface area contributed by atoms with E-state index in [0.717, 1.165) is 11.1 Å². The van der Waals surface area contributed by atoms with Crippen molar-refractivity contribution < 1.29 is 38.9 Å². The molecule has 0 aliphatic rings. The molecular formula is C27H30N2O8. The van der Waals surface area contributed by atoms with E-state index in [2.05, 4.69) is 10.6 Å². The van der Waals surface area contributed by atoms with Crippen molar-refractivity contribution in [2.75, 3.05) is 23.8 Å². The molecular weight excluding hydrogens is 480 g/mol. The number of ether oxygens (including phenoxy) is 2. The molecule has 196 valence electrons. The van der Waals surface area contributed by atoms with E-state index < -0.39 is 24.1 Å². The zero-order valence-corrected chi connectivity index (χ0v) is 20.7. The molecule has 2 aromatic carbocycles. The van der Waals surface area contributed by atoms with Crippen molar-refractivity contribution in [3.8, 4) is 0 Å². The maximum absolute atomic E-state index is 11.9. The summed E-state index contributed by atoms with van der Waals surface area (Å²) < 4.78 is 10.1. The Kier molecular flexibility index (Phi) is 11.4. The number of anilines is 2. The molecule has 4 N–H and O–H groups in total. The van der Waals surface area contributed by atoms with Gasteiger partial charge >= 0.3 is 24.1 Å². The first kappa shape index (κ1) is 28.6. The topological polar surface area (TPSA) is 151 Å². The van der Waals surface area contributed by atoms with Crippen molar-refractivity contribution in [1.82, 2.24) is 0 Å². The summed E-state index contributed by atoms with van der Waals surface area (Å²) in [7, 11) is 0. The average Bonchev–Trinajstić information content (AvgIpc) is 2.86. The van der Waals surface area contributed by atoms with Gasteiger partial charge in [-0.05, 0) is 55.7 Å². The van der Waals surface area contributed by atoms with E-state index in [1.54, 1.807) is 24.3 Å². The van der Waals surface area contributed by atoms with E-state index >= 15 is 0 Å². The quantitative estimate of drug-likeness (QED) is 0.224. The lowest BCUT2D eigenvalue weighted by atomic mass is 10.0. The molecule has 10 heteroatoms. The lowest BCUT2D eigenvalue weighted by molar-refractivity contribution is -0.133. The van der Waals surface area contributed by atoms with Crippen LogP contribution in [0.5, 0.6) is 0 Å². The number of aliphatic carboxylic acids is 2. The second-order valence-corrected chi connectivity index (χ2v) is 8.05. The number of carboxylic acid groups (broad SMARTS) is 2. The van der Waals surface area contributed by atoms with Crippen molar-refractivity contribution >= 4 is 35.5 Å². The maximum Gasteiger partial charge on any atom is 0.411 e. The van der Waals surface area contributed by atoms with Crippen LogP contribution in [0.3, 0.4) is 0 Å². The average molecular weight is 511 g/mol. The van der Waals surface area contributed by atoms with Crippen molar-refractivity contribution in [3.05, 3.63) is 83.0 Å². The monoisotopic (exact) mass is 510 g/mol. The van der Waals surface area contributed by atoms with E-state index in [-0.39, 0.29) is 24.4 Å². The van der Waals surface area contributed by atoms with E-state index in [0.29, 0.717) is 30.6 Å². The second kappa shape index (κ2) is 14.7. The van der Waals surface area contributed by atoms with Crippen LogP contribution < -0.4 is 10.6 Å². The van der Waals surface area contributed by atoms with Crippen molar-refractivity contribution in [2.45, 2.75) is 33.1 Å². The van der Waals surface area contributed by atoms with Crippen molar-refractivity contribution in [2.24, 2.45) is 0 Å². The third-order valence-corrected chi connectivity index (χ3v) is 5.09. The maximum atomic E-state index is 11.9. The third kappa shape index (κ3) is 11.1. The predicted molar refractivity (Wildman–Crippen MR) is 138 cm³/mol. The van der Waals surface area contributed by atoms with Gasteiger partial charge in [-0.3, -0.25) is 10.6 Å². The molecule has 0 aromatic heterocycles. The molecule has 10 nitrogen and oxygen atoms in total. The van der Waals surface area contributed by atoms with Crippen LogP contribution in [0.2, 0.25) is 0 Å². The highest BCUT2D eigenvalue weighted by Gasteiger charge is 2.06. The highest BCUT2D eigenvalue weighted by Crippen LogP contribution is 2.16. The summed E-state index contributed by atoms with van der Waals surface area (Å²) in [6.07, 6.45) is 3.00. The molecule has 0 unspecified atom stereocenters. The molecule has 0 fully saturated rings. The molecule has 0 spiro atoms. The highest BCUT2D eigenvalue weighted by atomic mass is 16.6. The number of amides is 2. The van der Waals surface area contributed by atoms with Gasteiger partial charge in [0.2, 0.25) is 0 Å². The van der Waals surface area contributed by atoms with Gasteiger partial charge in [-0.2, -0.15) is 0 Å². The Morgan fingerprint density at radius 1 is 0.676 bits per heavy atom. The van der Waals surface area contributed by atoms with Crippen LogP contribution in [0.15, 0.2) is 71.8 Å². The Labute approximate surface area is 214 Å². The Bertz CT molecular complexity index is 1060. The largest absolute Gasteiger partial charge is 0.478 e. The van der Waals surface area contributed by atoms with Crippen LogP contribution in [0.25, 0.3) is 0 Å². The zero-order valence-electron chi connectivity index (χ0n) is 20.7. The summed E-state index contributed by atoms with van der Waals surface area (Å²) in [4.78, 5) is 45.2. The molecule has 37 heavy (non-hydrogen) atoms. The van der Waals surface area contributed by atoms with Crippen LogP contribution in [-0.4, -0.2) is 47.6 Å². The number of carbonyl (C=O) groups is 4. The lowest BCUT2D eigenvalue weighted by Crippen LogP contribution is -2.14. The first-order valence-electron chi connectivity index (χ1n) is 11.5. The SMILES string of the molecule is CC(=CCCOC(=O)Nc1ccc(Cc2ccc(NC(=O)OCCC=C(C)C(=O)O)cc2)cc1)C(=O)O. The van der Waals surface area contributed by atoms with E-state index in [1.165, 1.54) is 26.0 Å². The fourth-order valence-corrected chi connectivity index (χ4v) is 2.98. The standard InChI is InChI=1S/C27H30N2O8/c1-18(24(30)31)5-3-15-36-26(34)28-22-11-7-20(8-12-22)17-21-9-13-23(14-10-21)29-27(35)37-16-4-6-19(2)25(32)33/h5-14H,3-4,15-17H2,1-2H3,(H,28,34)(H,29,35)(H,30,31)(H,32,33). The number of hydrogen-bond donors (Lipinski definition) is 4. The summed E-state index contributed by atoms with van der Waals surface area (Å²) in [5.74, 6) is -2.01. The molecule has 0 aliphatic heterocycles. The molecule has 0 saturated carbocycles. The van der Waals surface area contributed by atoms with Gasteiger partial charge in [0.25, 0.3) is 0 Å². The van der Waals surface area contributed by atoms with Crippen molar-refractivity contribution in [1.29, 1.82) is 0 Å². The number of benzene rings is 2. The molecule has 2 aromatic rings. The molecule has 0 bridgehead atoms. The Balaban J connectivity index is 1.75. The Morgan fingerprint density at radius 2 is 1.03 bits per heavy atom. The lowest BCUT2D eigenvalue weighted by Gasteiger charge is -2.09. The van der Waals surface area contributed by atoms with Gasteiger partial charge in [0, 0.05) is 35.4 Å². The predicted octanol–water partition coefficient (Wildman–Crippen LogP) is 5.22. The normalized spacial score (nSPS) is 11.4. The number of nitrogens with one attached hydrogen (secondary N) is 2. The highest BCUT2D eigenvalue weighted by molar-refractivity contribution is 5.86. The molecule has 0 radical (unpaired) electrons. The minimum Gasteiger partial charge on any atom is -0.478 e. The Morgan fingerprint density at radius 3 is 1.35 bits per heavy atom. The van der Waals surface area contributed by atoms with Gasteiger partial charge in [0.15, 0.2) is 0 Å². The molecule has 0 atom stereocenters. The molecule has 2 rings (SSSR count). The zero-order chi connectivity index (χ0) is 27.2. The first-order chi connectivity index (χ1) is 17.6. The van der Waals surface area contributed by atoms with Crippen LogP contribution in [0.4, 0.5) is 21.0 Å². The molecule has 0 aliphatic carbocycles. The van der Waals surface area contributed by atoms with Crippen LogP contribution in [0.1, 0.15) is 37.8 Å². The number of carboxylic acids is 2.